The number of nitrogens with zero attached hydrogens (tertiary/aromatic N) is 1. The molecule has 5 rings (SSSR count). The van der Waals surface area contributed by atoms with Crippen molar-refractivity contribution in [3.8, 4) is 0 Å². The lowest BCUT2D eigenvalue weighted by atomic mass is 9.57. The SMILES string of the molecule is COC(=O)C1=C(c2ccccc2)N(c2ccc(C)cc2)[C@]2(c3ccccc3)[13CH2]C[C@]12C(=O)OC. The van der Waals surface area contributed by atoms with Crippen LogP contribution >= 0.6 is 0 Å². The van der Waals surface area contributed by atoms with Crippen molar-refractivity contribution in [1.82, 2.24) is 0 Å². The number of rotatable bonds is 5. The summed E-state index contributed by atoms with van der Waals surface area (Å²) in [5.74, 6) is -0.940. The van der Waals surface area contributed by atoms with Gasteiger partial charge in [-0.25, -0.2) is 4.79 Å². The van der Waals surface area contributed by atoms with Gasteiger partial charge in [-0.3, -0.25) is 4.79 Å². The molecule has 0 bridgehead atoms. The van der Waals surface area contributed by atoms with E-state index in [0.29, 0.717) is 24.1 Å². The minimum Gasteiger partial charge on any atom is -0.468 e. The van der Waals surface area contributed by atoms with Crippen LogP contribution in [0.2, 0.25) is 0 Å². The average Bonchev–Trinajstić information content (AvgIpc) is 3.06. The molecule has 34 heavy (non-hydrogen) atoms. The summed E-state index contributed by atoms with van der Waals surface area (Å²) in [7, 11) is 2.75. The second-order valence-corrected chi connectivity index (χ2v) is 8.88. The molecule has 172 valence electrons. The minimum absolute atomic E-state index is 0.351. The van der Waals surface area contributed by atoms with Crippen molar-refractivity contribution >= 4 is 23.3 Å². The van der Waals surface area contributed by atoms with Crippen molar-refractivity contribution in [3.05, 3.63) is 107 Å². The number of ether oxygens (including phenoxy) is 2. The van der Waals surface area contributed by atoms with Crippen LogP contribution in [0, 0.1) is 12.3 Å². The number of methoxy groups -OCH3 is 2. The summed E-state index contributed by atoms with van der Waals surface area (Å²) >= 11 is 0. The summed E-state index contributed by atoms with van der Waals surface area (Å²) in [5, 5.41) is 0. The molecule has 1 fully saturated rings. The number of aryl methyl sites for hydroxylation is 1. The van der Waals surface area contributed by atoms with Crippen molar-refractivity contribution in [2.45, 2.75) is 25.3 Å². The van der Waals surface area contributed by atoms with Crippen LogP contribution in [0.3, 0.4) is 0 Å². The van der Waals surface area contributed by atoms with Gasteiger partial charge in [0.1, 0.15) is 5.41 Å². The third-order valence-corrected chi connectivity index (χ3v) is 7.35. The van der Waals surface area contributed by atoms with E-state index < -0.39 is 22.9 Å². The van der Waals surface area contributed by atoms with Gasteiger partial charge in [0, 0.05) is 5.69 Å². The van der Waals surface area contributed by atoms with E-state index in [1.54, 1.807) is 0 Å². The zero-order valence-electron chi connectivity index (χ0n) is 19.6. The molecule has 2 aliphatic rings. The number of esters is 2. The van der Waals surface area contributed by atoms with Crippen LogP contribution in [0.15, 0.2) is 90.5 Å². The van der Waals surface area contributed by atoms with Gasteiger partial charge in [-0.15, -0.1) is 0 Å². The number of fused-ring (bicyclic) bond motifs is 1. The molecule has 0 saturated heterocycles. The first-order chi connectivity index (χ1) is 16.5. The highest BCUT2D eigenvalue weighted by Crippen LogP contribution is 2.71. The van der Waals surface area contributed by atoms with Crippen LogP contribution < -0.4 is 4.90 Å². The molecule has 0 amide bonds. The average molecular weight is 455 g/mol. The normalized spacial score (nSPS) is 23.2. The van der Waals surface area contributed by atoms with Gasteiger partial charge >= 0.3 is 11.9 Å². The highest BCUT2D eigenvalue weighted by Gasteiger charge is 2.76. The molecule has 5 nitrogen and oxygen atoms in total. The van der Waals surface area contributed by atoms with Gasteiger partial charge < -0.3 is 14.4 Å². The third-order valence-electron chi connectivity index (χ3n) is 7.35. The van der Waals surface area contributed by atoms with E-state index in [2.05, 4.69) is 4.90 Å². The smallest absolute Gasteiger partial charge is 0.337 e. The molecule has 0 N–H and O–H groups in total. The van der Waals surface area contributed by atoms with Crippen molar-refractivity contribution in [1.29, 1.82) is 0 Å². The number of anilines is 1. The van der Waals surface area contributed by atoms with Crippen LogP contribution in [0.1, 0.15) is 29.5 Å². The Morgan fingerprint density at radius 2 is 1.41 bits per heavy atom. The van der Waals surface area contributed by atoms with Crippen LogP contribution in [-0.4, -0.2) is 26.2 Å². The quantitative estimate of drug-likeness (QED) is 0.389. The van der Waals surface area contributed by atoms with E-state index in [-0.39, 0.29) is 0 Å². The first kappa shape index (κ1) is 22.0. The fourth-order valence-electron chi connectivity index (χ4n) is 5.82. The van der Waals surface area contributed by atoms with E-state index in [9.17, 15) is 9.59 Å². The summed E-state index contributed by atoms with van der Waals surface area (Å²) in [6.45, 7) is 2.04. The Balaban J connectivity index is 1.92. The molecule has 5 heteroatoms. The van der Waals surface area contributed by atoms with Crippen LogP contribution in [-0.2, 0) is 24.6 Å². The molecule has 1 heterocycles. The maximum absolute atomic E-state index is 13.7. The monoisotopic (exact) mass is 454 g/mol. The van der Waals surface area contributed by atoms with Gasteiger partial charge in [0.05, 0.1) is 31.0 Å². The zero-order chi connectivity index (χ0) is 23.9. The predicted octanol–water partition coefficient (Wildman–Crippen LogP) is 5.25. The Morgan fingerprint density at radius 1 is 0.794 bits per heavy atom. The highest BCUT2D eigenvalue weighted by atomic mass is 16.5. The molecule has 1 aliphatic heterocycles. The maximum atomic E-state index is 13.7. The first-order valence-corrected chi connectivity index (χ1v) is 11.4. The van der Waals surface area contributed by atoms with Crippen LogP contribution in [0.25, 0.3) is 5.70 Å². The molecule has 0 radical (unpaired) electrons. The van der Waals surface area contributed by atoms with Crippen LogP contribution in [0.5, 0.6) is 0 Å². The van der Waals surface area contributed by atoms with Gasteiger partial charge in [0.2, 0.25) is 0 Å². The summed E-state index contributed by atoms with van der Waals surface area (Å²) in [6.07, 6.45) is 1.16. The first-order valence-electron chi connectivity index (χ1n) is 11.4. The molecular formula is C29H27NO4. The molecule has 1 aliphatic carbocycles. The molecule has 0 spiro atoms. The summed E-state index contributed by atoms with van der Waals surface area (Å²) in [4.78, 5) is 29.4. The van der Waals surface area contributed by atoms with E-state index in [1.165, 1.54) is 14.2 Å². The Bertz CT molecular complexity index is 1270. The number of benzene rings is 3. The molecule has 2 atom stereocenters. The highest BCUT2D eigenvalue weighted by molar-refractivity contribution is 6.12. The van der Waals surface area contributed by atoms with Crippen molar-refractivity contribution in [2.24, 2.45) is 5.41 Å². The third kappa shape index (κ3) is 2.79. The summed E-state index contributed by atoms with van der Waals surface area (Å²) in [5.41, 5.74) is 2.84. The van der Waals surface area contributed by atoms with Crippen LogP contribution in [0.4, 0.5) is 5.69 Å². The Hall–Kier alpha value is -3.86. The lowest BCUT2D eigenvalue weighted by Gasteiger charge is -2.58. The largest absolute Gasteiger partial charge is 0.468 e. The Labute approximate surface area is 199 Å². The second-order valence-electron chi connectivity index (χ2n) is 8.88. The summed E-state index contributed by atoms with van der Waals surface area (Å²) < 4.78 is 10.7. The number of hydrogen-bond acceptors (Lipinski definition) is 5. The van der Waals surface area contributed by atoms with E-state index in [1.807, 2.05) is 91.9 Å². The van der Waals surface area contributed by atoms with Gasteiger partial charge in [-0.05, 0) is 43.0 Å². The van der Waals surface area contributed by atoms with E-state index >= 15 is 0 Å². The van der Waals surface area contributed by atoms with Crippen molar-refractivity contribution in [3.63, 3.8) is 0 Å². The van der Waals surface area contributed by atoms with Crippen molar-refractivity contribution in [2.75, 3.05) is 19.1 Å². The predicted molar refractivity (Wildman–Crippen MR) is 131 cm³/mol. The lowest BCUT2D eigenvalue weighted by Crippen LogP contribution is -2.64. The Kier molecular flexibility index (Phi) is 5.28. The topological polar surface area (TPSA) is 55.8 Å². The second kappa shape index (κ2) is 8.17. The standard InChI is InChI=1S/C29H27NO4/c1-20-14-16-23(17-15-20)30-25(21-10-6-4-7-11-21)24(26(31)33-2)28(27(32)34-3)18-19-29(28,30)22-12-8-5-9-13-22/h4-17H,18-19H2,1-3H3/t28-,29+/m1/s1/i19+1. The van der Waals surface area contributed by atoms with Gasteiger partial charge in [-0.2, -0.15) is 0 Å². The molecule has 0 aromatic heterocycles. The number of carbonyl (C=O) groups is 2. The number of carbonyl (C=O) groups excluding carboxylic acids is 2. The maximum Gasteiger partial charge on any atom is 0.337 e. The van der Waals surface area contributed by atoms with Crippen molar-refractivity contribution < 1.29 is 19.1 Å². The van der Waals surface area contributed by atoms with Gasteiger partial charge in [-0.1, -0.05) is 78.4 Å². The molecule has 3 aromatic rings. The Morgan fingerprint density at radius 3 is 1.94 bits per heavy atom. The molecule has 1 saturated carbocycles. The lowest BCUT2D eigenvalue weighted by molar-refractivity contribution is -0.165. The fraction of sp³-hybridized carbons (Fsp3) is 0.241. The fourth-order valence-corrected chi connectivity index (χ4v) is 5.82. The van der Waals surface area contributed by atoms with E-state index in [4.69, 9.17) is 9.47 Å². The van der Waals surface area contributed by atoms with Gasteiger partial charge in [0.25, 0.3) is 0 Å². The molecular weight excluding hydrogens is 427 g/mol. The number of hydrogen-bond donors (Lipinski definition) is 0. The summed E-state index contributed by atoms with van der Waals surface area (Å²) in [6, 6.07) is 27.9. The van der Waals surface area contributed by atoms with Gasteiger partial charge in [0.15, 0.2) is 0 Å². The minimum atomic E-state index is -1.20. The zero-order valence-corrected chi connectivity index (χ0v) is 19.6. The molecule has 3 aromatic carbocycles. The molecule has 0 unspecified atom stereocenters. The van der Waals surface area contributed by atoms with E-state index in [0.717, 1.165) is 22.4 Å².